The van der Waals surface area contributed by atoms with E-state index in [2.05, 4.69) is 15.3 Å². The third-order valence-corrected chi connectivity index (χ3v) is 3.94. The van der Waals surface area contributed by atoms with Crippen LogP contribution in [-0.4, -0.2) is 26.6 Å². The van der Waals surface area contributed by atoms with Crippen molar-refractivity contribution in [3.63, 3.8) is 0 Å². The molecule has 0 unspecified atom stereocenters. The van der Waals surface area contributed by atoms with Crippen LogP contribution in [0.4, 0.5) is 11.4 Å². The Balaban J connectivity index is 2.06. The number of rotatable bonds is 5. The third-order valence-electron chi connectivity index (χ3n) is 2.96. The summed E-state index contributed by atoms with van der Waals surface area (Å²) in [7, 11) is 0. The Bertz CT molecular complexity index is 847. The average molecular weight is 343 g/mol. The molecular weight excluding hydrogens is 330 g/mol. The highest BCUT2D eigenvalue weighted by atomic mass is 32.2. The summed E-state index contributed by atoms with van der Waals surface area (Å²) in [5, 5.41) is 22.9. The number of aryl methyl sites for hydroxylation is 2. The maximum atomic E-state index is 12.0. The molecule has 1 aromatic heterocycles. The predicted molar refractivity (Wildman–Crippen MR) is 88.7 cm³/mol. The van der Waals surface area contributed by atoms with Crippen LogP contribution in [0.5, 0.6) is 0 Å². The second-order valence-corrected chi connectivity index (χ2v) is 5.76. The molecule has 1 heterocycles. The lowest BCUT2D eigenvalue weighted by atomic mass is 10.3. The third kappa shape index (κ3) is 4.27. The van der Waals surface area contributed by atoms with Crippen molar-refractivity contribution in [3.05, 3.63) is 51.5 Å². The number of anilines is 1. The monoisotopic (exact) mass is 343 g/mol. The predicted octanol–water partition coefficient (Wildman–Crippen LogP) is 2.60. The van der Waals surface area contributed by atoms with Gasteiger partial charge in [-0.3, -0.25) is 14.9 Å². The molecule has 24 heavy (non-hydrogen) atoms. The quantitative estimate of drug-likeness (QED) is 0.383. The normalized spacial score (nSPS) is 10.0. The zero-order valence-electron chi connectivity index (χ0n) is 12.9. The van der Waals surface area contributed by atoms with Crippen LogP contribution < -0.4 is 5.32 Å². The molecule has 0 radical (unpaired) electrons. The van der Waals surface area contributed by atoms with E-state index < -0.39 is 4.92 Å². The van der Waals surface area contributed by atoms with Crippen LogP contribution in [-0.2, 0) is 4.79 Å². The standard InChI is InChI=1S/C15H13N5O3S/c1-9-13(7-16)15(18-10(2)17-9)24-8-14(21)19-11-4-3-5-12(6-11)20(22)23/h3-6H,8H2,1-2H3,(H,19,21). The van der Waals surface area contributed by atoms with Gasteiger partial charge in [-0.2, -0.15) is 5.26 Å². The van der Waals surface area contributed by atoms with Gasteiger partial charge in [0.25, 0.3) is 5.69 Å². The zero-order chi connectivity index (χ0) is 17.7. The van der Waals surface area contributed by atoms with E-state index in [1.807, 2.05) is 6.07 Å². The molecule has 0 fully saturated rings. The SMILES string of the molecule is Cc1nc(C)c(C#N)c(SCC(=O)Nc2cccc([N+](=O)[O-])c2)n1. The lowest BCUT2D eigenvalue weighted by Crippen LogP contribution is -2.14. The summed E-state index contributed by atoms with van der Waals surface area (Å²) < 4.78 is 0. The molecule has 1 N–H and O–H groups in total. The molecule has 2 rings (SSSR count). The van der Waals surface area contributed by atoms with Crippen LogP contribution in [0.25, 0.3) is 0 Å². The summed E-state index contributed by atoms with van der Waals surface area (Å²) in [5.74, 6) is 0.194. The number of carbonyl (C=O) groups excluding carboxylic acids is 1. The second-order valence-electron chi connectivity index (χ2n) is 4.79. The summed E-state index contributed by atoms with van der Waals surface area (Å²) in [6, 6.07) is 7.71. The Morgan fingerprint density at radius 1 is 1.42 bits per heavy atom. The molecule has 1 aromatic carbocycles. The minimum absolute atomic E-state index is 0.0211. The number of amides is 1. The van der Waals surface area contributed by atoms with E-state index in [0.29, 0.717) is 27.8 Å². The van der Waals surface area contributed by atoms with Crippen molar-refractivity contribution in [1.82, 2.24) is 9.97 Å². The smallest absolute Gasteiger partial charge is 0.271 e. The number of nitriles is 1. The zero-order valence-corrected chi connectivity index (χ0v) is 13.8. The summed E-state index contributed by atoms with van der Waals surface area (Å²) in [6.45, 7) is 3.42. The first kappa shape index (κ1) is 17.4. The number of hydrogen-bond acceptors (Lipinski definition) is 7. The van der Waals surface area contributed by atoms with Crippen LogP contribution in [0.2, 0.25) is 0 Å². The number of non-ortho nitro benzene ring substituents is 1. The van der Waals surface area contributed by atoms with Gasteiger partial charge in [0.1, 0.15) is 22.5 Å². The van der Waals surface area contributed by atoms with Gasteiger partial charge in [-0.1, -0.05) is 17.8 Å². The molecule has 0 aliphatic rings. The van der Waals surface area contributed by atoms with E-state index in [0.717, 1.165) is 11.8 Å². The maximum absolute atomic E-state index is 12.0. The van der Waals surface area contributed by atoms with E-state index in [4.69, 9.17) is 5.26 Å². The maximum Gasteiger partial charge on any atom is 0.271 e. The first-order valence-electron chi connectivity index (χ1n) is 6.83. The number of nitro groups is 1. The van der Waals surface area contributed by atoms with Gasteiger partial charge in [0.05, 0.1) is 16.4 Å². The average Bonchev–Trinajstić information content (AvgIpc) is 2.52. The molecule has 0 saturated carbocycles. The molecule has 0 spiro atoms. The molecule has 2 aromatic rings. The fraction of sp³-hybridized carbons (Fsp3) is 0.200. The molecule has 0 saturated heterocycles. The van der Waals surface area contributed by atoms with Crippen molar-refractivity contribution in [1.29, 1.82) is 5.26 Å². The highest BCUT2D eigenvalue weighted by molar-refractivity contribution is 8.00. The number of aromatic nitrogens is 2. The molecule has 122 valence electrons. The van der Waals surface area contributed by atoms with Crippen molar-refractivity contribution >= 4 is 29.0 Å². The Kier molecular flexibility index (Phi) is 5.44. The number of nitro benzene ring substituents is 1. The molecule has 1 amide bonds. The molecule has 0 bridgehead atoms. The minimum atomic E-state index is -0.532. The highest BCUT2D eigenvalue weighted by Gasteiger charge is 2.13. The Morgan fingerprint density at radius 3 is 2.83 bits per heavy atom. The van der Waals surface area contributed by atoms with E-state index >= 15 is 0 Å². The van der Waals surface area contributed by atoms with Crippen molar-refractivity contribution in [3.8, 4) is 6.07 Å². The van der Waals surface area contributed by atoms with Crippen molar-refractivity contribution in [2.24, 2.45) is 0 Å². The van der Waals surface area contributed by atoms with Gasteiger partial charge in [0.2, 0.25) is 5.91 Å². The first-order chi connectivity index (χ1) is 11.4. The number of hydrogen-bond donors (Lipinski definition) is 1. The van der Waals surface area contributed by atoms with Crippen LogP contribution in [0, 0.1) is 35.3 Å². The van der Waals surface area contributed by atoms with E-state index in [-0.39, 0.29) is 17.3 Å². The van der Waals surface area contributed by atoms with Crippen LogP contribution >= 0.6 is 11.8 Å². The molecular formula is C15H13N5O3S. The van der Waals surface area contributed by atoms with E-state index in [1.54, 1.807) is 19.9 Å². The number of nitrogens with one attached hydrogen (secondary N) is 1. The fourth-order valence-corrected chi connectivity index (χ4v) is 2.82. The fourth-order valence-electron chi connectivity index (χ4n) is 1.94. The van der Waals surface area contributed by atoms with Crippen LogP contribution in [0.15, 0.2) is 29.3 Å². The highest BCUT2D eigenvalue weighted by Crippen LogP contribution is 2.23. The van der Waals surface area contributed by atoms with Gasteiger partial charge in [-0.15, -0.1) is 0 Å². The molecule has 0 aliphatic heterocycles. The summed E-state index contributed by atoms with van der Waals surface area (Å²) >= 11 is 1.12. The summed E-state index contributed by atoms with van der Waals surface area (Å²) in [5.41, 5.74) is 1.14. The van der Waals surface area contributed by atoms with Crippen LogP contribution in [0.3, 0.4) is 0 Å². The largest absolute Gasteiger partial charge is 0.325 e. The molecule has 9 heteroatoms. The van der Waals surface area contributed by atoms with E-state index in [1.165, 1.54) is 18.2 Å². The van der Waals surface area contributed by atoms with Gasteiger partial charge in [-0.05, 0) is 19.9 Å². The number of carbonyl (C=O) groups is 1. The van der Waals surface area contributed by atoms with Gasteiger partial charge in [0.15, 0.2) is 0 Å². The van der Waals surface area contributed by atoms with Gasteiger partial charge >= 0.3 is 0 Å². The molecule has 0 atom stereocenters. The van der Waals surface area contributed by atoms with Crippen LogP contribution in [0.1, 0.15) is 17.1 Å². The topological polar surface area (TPSA) is 122 Å². The molecule has 8 nitrogen and oxygen atoms in total. The van der Waals surface area contributed by atoms with Gasteiger partial charge in [0, 0.05) is 17.8 Å². The van der Waals surface area contributed by atoms with Gasteiger partial charge in [-0.25, -0.2) is 9.97 Å². The lowest BCUT2D eigenvalue weighted by Gasteiger charge is -2.07. The Hall–Kier alpha value is -2.99. The Labute approximate surface area is 142 Å². The number of nitrogens with zero attached hydrogens (tertiary/aromatic N) is 4. The number of benzene rings is 1. The van der Waals surface area contributed by atoms with Crippen molar-refractivity contribution in [2.75, 3.05) is 11.1 Å². The summed E-state index contributed by atoms with van der Waals surface area (Å²) in [6.07, 6.45) is 0. The Morgan fingerprint density at radius 2 is 2.17 bits per heavy atom. The number of thioether (sulfide) groups is 1. The van der Waals surface area contributed by atoms with Crippen molar-refractivity contribution < 1.29 is 9.72 Å². The van der Waals surface area contributed by atoms with Gasteiger partial charge < -0.3 is 5.32 Å². The molecule has 0 aliphatic carbocycles. The first-order valence-corrected chi connectivity index (χ1v) is 7.81. The minimum Gasteiger partial charge on any atom is -0.325 e. The van der Waals surface area contributed by atoms with Crippen molar-refractivity contribution in [2.45, 2.75) is 18.9 Å². The lowest BCUT2D eigenvalue weighted by molar-refractivity contribution is -0.384. The second kappa shape index (κ2) is 7.52. The summed E-state index contributed by atoms with van der Waals surface area (Å²) in [4.78, 5) is 30.5. The van der Waals surface area contributed by atoms with E-state index in [9.17, 15) is 14.9 Å².